The van der Waals surface area contributed by atoms with Crippen molar-refractivity contribution in [1.82, 2.24) is 19.5 Å². The molecule has 2 aromatic heterocycles. The molecule has 0 saturated carbocycles. The molecular weight excluding hydrogens is 349 g/mol. The minimum absolute atomic E-state index is 0.349. The summed E-state index contributed by atoms with van der Waals surface area (Å²) in [6, 6.07) is 7.79. The van der Waals surface area contributed by atoms with Crippen LogP contribution in [0.15, 0.2) is 42.7 Å². The average Bonchev–Trinajstić information content (AvgIpc) is 3.15. The van der Waals surface area contributed by atoms with Crippen molar-refractivity contribution in [3.05, 3.63) is 48.5 Å². The summed E-state index contributed by atoms with van der Waals surface area (Å²) in [5, 5.41) is 7.79. The second-order valence-electron chi connectivity index (χ2n) is 6.39. The molecule has 27 heavy (non-hydrogen) atoms. The maximum atomic E-state index is 13.4. The number of rotatable bonds is 7. The van der Waals surface area contributed by atoms with Crippen LogP contribution in [0.5, 0.6) is 11.6 Å². The van der Waals surface area contributed by atoms with Crippen LogP contribution in [0, 0.1) is 5.82 Å². The number of fused-ring (bicyclic) bond motifs is 1. The first-order valence-electron chi connectivity index (χ1n) is 9.10. The monoisotopic (exact) mass is 371 g/mol. The van der Waals surface area contributed by atoms with Crippen molar-refractivity contribution in [2.24, 2.45) is 0 Å². The van der Waals surface area contributed by atoms with Crippen molar-refractivity contribution in [3.8, 4) is 11.6 Å². The number of imidazole rings is 1. The van der Waals surface area contributed by atoms with Crippen LogP contribution in [0.25, 0.3) is 5.65 Å². The number of ether oxygens (including phenoxy) is 2. The zero-order chi connectivity index (χ0) is 18.5. The van der Waals surface area contributed by atoms with E-state index in [9.17, 15) is 4.39 Å². The first kappa shape index (κ1) is 17.7. The van der Waals surface area contributed by atoms with Crippen molar-refractivity contribution < 1.29 is 13.9 Å². The number of morpholine rings is 1. The maximum Gasteiger partial charge on any atom is 0.239 e. The molecule has 1 N–H and O–H groups in total. The van der Waals surface area contributed by atoms with Gasteiger partial charge in [-0.3, -0.25) is 4.90 Å². The minimum Gasteiger partial charge on any atom is -0.437 e. The van der Waals surface area contributed by atoms with Gasteiger partial charge in [0.05, 0.1) is 18.9 Å². The molecule has 1 aliphatic heterocycles. The standard InChI is InChI=1S/C19H22FN5O2/c20-15-3-1-4-16(13-15)27-18-14-17(19-22-6-8-25(19)23-18)21-5-2-7-24-9-11-26-12-10-24/h1,3-4,6,8,13-14,21H,2,5,7,9-12H2. The Balaban J connectivity index is 1.42. The van der Waals surface area contributed by atoms with Crippen molar-refractivity contribution in [2.75, 3.05) is 44.7 Å². The van der Waals surface area contributed by atoms with E-state index in [0.717, 1.165) is 57.1 Å². The fraction of sp³-hybridized carbons (Fsp3) is 0.368. The van der Waals surface area contributed by atoms with Gasteiger partial charge in [-0.1, -0.05) is 6.07 Å². The molecule has 142 valence electrons. The minimum atomic E-state index is -0.349. The molecule has 0 amide bonds. The van der Waals surface area contributed by atoms with Crippen molar-refractivity contribution in [1.29, 1.82) is 0 Å². The Morgan fingerprint density at radius 1 is 1.22 bits per heavy atom. The van der Waals surface area contributed by atoms with Gasteiger partial charge in [-0.15, -0.1) is 5.10 Å². The summed E-state index contributed by atoms with van der Waals surface area (Å²) >= 11 is 0. The Hall–Kier alpha value is -2.71. The lowest BCUT2D eigenvalue weighted by Crippen LogP contribution is -2.37. The van der Waals surface area contributed by atoms with Gasteiger partial charge in [-0.05, 0) is 25.1 Å². The third kappa shape index (κ3) is 4.53. The van der Waals surface area contributed by atoms with Crippen LogP contribution in [0.2, 0.25) is 0 Å². The van der Waals surface area contributed by atoms with Gasteiger partial charge in [0.2, 0.25) is 5.88 Å². The van der Waals surface area contributed by atoms with Crippen LogP contribution in [0.3, 0.4) is 0 Å². The molecule has 4 rings (SSSR count). The van der Waals surface area contributed by atoms with Gasteiger partial charge >= 0.3 is 0 Å². The smallest absolute Gasteiger partial charge is 0.239 e. The highest BCUT2D eigenvalue weighted by atomic mass is 19.1. The van der Waals surface area contributed by atoms with Crippen molar-refractivity contribution in [3.63, 3.8) is 0 Å². The van der Waals surface area contributed by atoms with E-state index >= 15 is 0 Å². The summed E-state index contributed by atoms with van der Waals surface area (Å²) in [5.74, 6) is 0.430. The largest absolute Gasteiger partial charge is 0.437 e. The van der Waals surface area contributed by atoms with E-state index in [-0.39, 0.29) is 5.82 Å². The number of aromatic nitrogens is 3. The predicted octanol–water partition coefficient (Wildman–Crippen LogP) is 2.79. The van der Waals surface area contributed by atoms with Crippen LogP contribution < -0.4 is 10.1 Å². The zero-order valence-corrected chi connectivity index (χ0v) is 15.0. The molecule has 0 unspecified atom stereocenters. The normalized spacial score (nSPS) is 15.1. The molecule has 0 bridgehead atoms. The number of nitrogens with zero attached hydrogens (tertiary/aromatic N) is 4. The number of nitrogens with one attached hydrogen (secondary N) is 1. The number of hydrogen-bond acceptors (Lipinski definition) is 6. The van der Waals surface area contributed by atoms with Gasteiger partial charge in [0.25, 0.3) is 0 Å². The van der Waals surface area contributed by atoms with E-state index in [1.54, 1.807) is 35.1 Å². The van der Waals surface area contributed by atoms with Crippen LogP contribution in [0.4, 0.5) is 10.1 Å². The Labute approximate surface area is 156 Å². The third-order valence-electron chi connectivity index (χ3n) is 4.43. The van der Waals surface area contributed by atoms with Gasteiger partial charge in [0.15, 0.2) is 5.65 Å². The molecule has 3 aromatic rings. The van der Waals surface area contributed by atoms with Gasteiger partial charge in [-0.2, -0.15) is 0 Å². The van der Waals surface area contributed by atoms with Crippen LogP contribution in [-0.4, -0.2) is 58.9 Å². The summed E-state index contributed by atoms with van der Waals surface area (Å²) < 4.78 is 26.1. The van der Waals surface area contributed by atoms with E-state index in [1.807, 2.05) is 0 Å². The first-order valence-corrected chi connectivity index (χ1v) is 9.10. The topological polar surface area (TPSA) is 63.9 Å². The molecule has 3 heterocycles. The van der Waals surface area contributed by atoms with E-state index in [4.69, 9.17) is 9.47 Å². The van der Waals surface area contributed by atoms with E-state index in [0.29, 0.717) is 11.6 Å². The number of anilines is 1. The Kier molecular flexibility index (Phi) is 5.45. The van der Waals surface area contributed by atoms with Gasteiger partial charge in [0, 0.05) is 44.2 Å². The second kappa shape index (κ2) is 8.32. The summed E-state index contributed by atoms with van der Waals surface area (Å²) in [6.07, 6.45) is 4.45. The highest BCUT2D eigenvalue weighted by Crippen LogP contribution is 2.25. The molecule has 1 aromatic carbocycles. The molecule has 0 aliphatic carbocycles. The van der Waals surface area contributed by atoms with Crippen LogP contribution in [-0.2, 0) is 4.74 Å². The van der Waals surface area contributed by atoms with Crippen molar-refractivity contribution >= 4 is 11.3 Å². The maximum absolute atomic E-state index is 13.4. The highest BCUT2D eigenvalue weighted by molar-refractivity contribution is 5.68. The molecule has 7 nitrogen and oxygen atoms in total. The molecule has 0 radical (unpaired) electrons. The fourth-order valence-electron chi connectivity index (χ4n) is 3.08. The Morgan fingerprint density at radius 3 is 2.96 bits per heavy atom. The molecule has 1 saturated heterocycles. The Bertz CT molecular complexity index is 895. The summed E-state index contributed by atoms with van der Waals surface area (Å²) in [6.45, 7) is 5.44. The second-order valence-corrected chi connectivity index (χ2v) is 6.39. The van der Waals surface area contributed by atoms with Gasteiger partial charge < -0.3 is 14.8 Å². The quantitative estimate of drug-likeness (QED) is 0.645. The Morgan fingerprint density at radius 2 is 2.11 bits per heavy atom. The summed E-state index contributed by atoms with van der Waals surface area (Å²) in [7, 11) is 0. The first-order chi connectivity index (χ1) is 13.3. The number of benzene rings is 1. The molecule has 8 heteroatoms. The SMILES string of the molecule is Fc1cccc(Oc2cc(NCCCN3CCOCC3)c3nccn3n2)c1. The van der Waals surface area contributed by atoms with E-state index in [2.05, 4.69) is 20.3 Å². The molecule has 1 aliphatic rings. The van der Waals surface area contributed by atoms with E-state index < -0.39 is 0 Å². The van der Waals surface area contributed by atoms with Gasteiger partial charge in [0.1, 0.15) is 11.6 Å². The molecule has 0 spiro atoms. The van der Waals surface area contributed by atoms with Gasteiger partial charge in [-0.25, -0.2) is 13.9 Å². The van der Waals surface area contributed by atoms with Crippen LogP contribution in [0.1, 0.15) is 6.42 Å². The third-order valence-corrected chi connectivity index (χ3v) is 4.43. The average molecular weight is 371 g/mol. The summed E-state index contributed by atoms with van der Waals surface area (Å²) in [4.78, 5) is 6.75. The lowest BCUT2D eigenvalue weighted by Gasteiger charge is -2.26. The number of halogens is 1. The fourth-order valence-corrected chi connectivity index (χ4v) is 3.08. The van der Waals surface area contributed by atoms with E-state index in [1.165, 1.54) is 12.1 Å². The highest BCUT2D eigenvalue weighted by Gasteiger charge is 2.11. The lowest BCUT2D eigenvalue weighted by atomic mass is 10.3. The van der Waals surface area contributed by atoms with Crippen molar-refractivity contribution in [2.45, 2.75) is 6.42 Å². The molecule has 0 atom stereocenters. The lowest BCUT2D eigenvalue weighted by molar-refractivity contribution is 0.0378. The zero-order valence-electron chi connectivity index (χ0n) is 15.0. The van der Waals surface area contributed by atoms with Crippen LogP contribution >= 0.6 is 0 Å². The number of hydrogen-bond donors (Lipinski definition) is 1. The molecule has 1 fully saturated rings. The predicted molar refractivity (Wildman–Crippen MR) is 99.8 cm³/mol. The summed E-state index contributed by atoms with van der Waals surface area (Å²) in [5.41, 5.74) is 1.57. The molecular formula is C19H22FN5O2.